The summed E-state index contributed by atoms with van der Waals surface area (Å²) < 4.78 is 1.05. The number of rotatable bonds is 2. The van der Waals surface area contributed by atoms with Crippen molar-refractivity contribution in [2.24, 2.45) is 0 Å². The predicted octanol–water partition coefficient (Wildman–Crippen LogP) is 3.17. The molecule has 0 N–H and O–H groups in total. The van der Waals surface area contributed by atoms with Gasteiger partial charge in [-0.2, -0.15) is 0 Å². The number of nitrogens with zero attached hydrogens (tertiary/aromatic N) is 1. The molecule has 0 amide bonds. The van der Waals surface area contributed by atoms with Gasteiger partial charge in [0.2, 0.25) is 0 Å². The van der Waals surface area contributed by atoms with Gasteiger partial charge >= 0.3 is 0 Å². The van der Waals surface area contributed by atoms with Crippen LogP contribution in [0.4, 0.5) is 0 Å². The van der Waals surface area contributed by atoms with Crippen LogP contribution in [0.25, 0.3) is 0 Å². The van der Waals surface area contributed by atoms with Crippen molar-refractivity contribution in [3.63, 3.8) is 0 Å². The van der Waals surface area contributed by atoms with Crippen molar-refractivity contribution in [1.29, 1.82) is 0 Å². The molecule has 1 fully saturated rings. The van der Waals surface area contributed by atoms with Gasteiger partial charge in [-0.25, -0.2) is 0 Å². The lowest BCUT2D eigenvalue weighted by Gasteiger charge is -2.27. The molecular weight excluding hydrogens is 266 g/mol. The molecule has 0 spiro atoms. The highest BCUT2D eigenvalue weighted by Crippen LogP contribution is 2.31. The summed E-state index contributed by atoms with van der Waals surface area (Å²) in [4.78, 5) is 14.2. The number of Topliss-reactive ketones (excluding diaryl/α,β-unsaturated/α-hetero) is 1. The van der Waals surface area contributed by atoms with Gasteiger partial charge in [-0.05, 0) is 31.5 Å². The number of carbonyl (C=O) groups excluding carboxylic acids is 1. The van der Waals surface area contributed by atoms with Crippen molar-refractivity contribution in [3.05, 3.63) is 34.3 Å². The highest BCUT2D eigenvalue weighted by atomic mass is 79.9. The van der Waals surface area contributed by atoms with E-state index in [2.05, 4.69) is 34.7 Å². The van der Waals surface area contributed by atoms with Crippen molar-refractivity contribution in [2.75, 3.05) is 6.54 Å². The third kappa shape index (κ3) is 2.20. The van der Waals surface area contributed by atoms with Crippen LogP contribution >= 0.6 is 15.9 Å². The second-order valence-electron chi connectivity index (χ2n) is 4.50. The first-order valence-electron chi connectivity index (χ1n) is 5.63. The minimum atomic E-state index is -0.0342. The summed E-state index contributed by atoms with van der Waals surface area (Å²) in [6, 6.07) is 8.45. The van der Waals surface area contributed by atoms with Crippen LogP contribution in [0.5, 0.6) is 0 Å². The fraction of sp³-hybridized carbons (Fsp3) is 0.462. The van der Waals surface area contributed by atoms with Crippen molar-refractivity contribution in [1.82, 2.24) is 4.90 Å². The van der Waals surface area contributed by atoms with Gasteiger partial charge in [-0.1, -0.05) is 28.1 Å². The molecule has 16 heavy (non-hydrogen) atoms. The van der Waals surface area contributed by atoms with Crippen molar-refractivity contribution in [2.45, 2.75) is 32.4 Å². The molecule has 1 aliphatic rings. The molecule has 0 aromatic heterocycles. The lowest BCUT2D eigenvalue weighted by atomic mass is 10.0. The number of hydrogen-bond acceptors (Lipinski definition) is 2. The minimum Gasteiger partial charge on any atom is -0.297 e. The average Bonchev–Trinajstić information content (AvgIpc) is 2.62. The van der Waals surface area contributed by atoms with E-state index >= 15 is 0 Å². The normalized spacial score (nSPS) is 22.0. The number of halogens is 1. The van der Waals surface area contributed by atoms with E-state index in [0.29, 0.717) is 18.2 Å². The molecule has 1 unspecified atom stereocenters. The van der Waals surface area contributed by atoms with Crippen LogP contribution in [-0.2, 0) is 4.79 Å². The molecular formula is C13H16BrNO. The summed E-state index contributed by atoms with van der Waals surface area (Å²) in [5.74, 6) is 0.344. The quantitative estimate of drug-likeness (QED) is 0.830. The standard InChI is InChI=1S/C13H16BrNO/c1-9(2)15-8-7-12(16)13(15)10-3-5-11(14)6-4-10/h3-6,9,13H,7-8H2,1-2H3. The second kappa shape index (κ2) is 4.68. The molecule has 1 saturated heterocycles. The zero-order valence-corrected chi connectivity index (χ0v) is 11.2. The molecule has 0 saturated carbocycles. The molecule has 2 rings (SSSR count). The maximum Gasteiger partial charge on any atom is 0.155 e. The van der Waals surface area contributed by atoms with Crippen LogP contribution in [0.1, 0.15) is 31.9 Å². The highest BCUT2D eigenvalue weighted by Gasteiger charge is 2.34. The Hall–Kier alpha value is -0.670. The van der Waals surface area contributed by atoms with Crippen LogP contribution in [0.15, 0.2) is 28.7 Å². The summed E-state index contributed by atoms with van der Waals surface area (Å²) in [6.45, 7) is 5.17. The molecule has 1 aromatic rings. The van der Waals surface area contributed by atoms with E-state index in [4.69, 9.17) is 0 Å². The Bertz CT molecular complexity index is 385. The van der Waals surface area contributed by atoms with E-state index in [1.165, 1.54) is 0 Å². The molecule has 0 bridgehead atoms. The van der Waals surface area contributed by atoms with Gasteiger partial charge in [0.15, 0.2) is 5.78 Å². The molecule has 1 aliphatic heterocycles. The second-order valence-corrected chi connectivity index (χ2v) is 5.42. The first-order chi connectivity index (χ1) is 7.59. The monoisotopic (exact) mass is 281 g/mol. The van der Waals surface area contributed by atoms with E-state index < -0.39 is 0 Å². The molecule has 1 aromatic carbocycles. The third-order valence-corrected chi connectivity index (χ3v) is 3.63. The Balaban J connectivity index is 2.30. The van der Waals surface area contributed by atoms with E-state index in [0.717, 1.165) is 16.6 Å². The Morgan fingerprint density at radius 1 is 1.31 bits per heavy atom. The van der Waals surface area contributed by atoms with Crippen LogP contribution in [0.3, 0.4) is 0 Å². The van der Waals surface area contributed by atoms with Gasteiger partial charge in [0.05, 0.1) is 6.04 Å². The number of ketones is 1. The Morgan fingerprint density at radius 3 is 2.50 bits per heavy atom. The summed E-state index contributed by atoms with van der Waals surface area (Å²) in [5.41, 5.74) is 1.11. The van der Waals surface area contributed by atoms with Crippen molar-refractivity contribution in [3.8, 4) is 0 Å². The van der Waals surface area contributed by atoms with Crippen LogP contribution in [-0.4, -0.2) is 23.3 Å². The van der Waals surface area contributed by atoms with Crippen LogP contribution in [0.2, 0.25) is 0 Å². The Labute approximate surface area is 105 Å². The minimum absolute atomic E-state index is 0.0342. The maximum atomic E-state index is 11.9. The molecule has 2 nitrogen and oxygen atoms in total. The van der Waals surface area contributed by atoms with Crippen molar-refractivity contribution < 1.29 is 4.79 Å². The fourth-order valence-electron chi connectivity index (χ4n) is 2.27. The number of carbonyl (C=O) groups is 1. The molecule has 1 heterocycles. The first-order valence-corrected chi connectivity index (χ1v) is 6.43. The zero-order chi connectivity index (χ0) is 11.7. The van der Waals surface area contributed by atoms with Gasteiger partial charge in [0.1, 0.15) is 0 Å². The molecule has 86 valence electrons. The predicted molar refractivity (Wildman–Crippen MR) is 68.3 cm³/mol. The van der Waals surface area contributed by atoms with Gasteiger partial charge in [-0.3, -0.25) is 9.69 Å². The summed E-state index contributed by atoms with van der Waals surface area (Å²) in [7, 11) is 0. The van der Waals surface area contributed by atoms with E-state index in [9.17, 15) is 4.79 Å². The van der Waals surface area contributed by atoms with Gasteiger partial charge in [-0.15, -0.1) is 0 Å². The topological polar surface area (TPSA) is 20.3 Å². The fourth-order valence-corrected chi connectivity index (χ4v) is 2.53. The van der Waals surface area contributed by atoms with E-state index in [1.54, 1.807) is 0 Å². The highest BCUT2D eigenvalue weighted by molar-refractivity contribution is 9.10. The Morgan fingerprint density at radius 2 is 1.94 bits per heavy atom. The van der Waals surface area contributed by atoms with E-state index in [-0.39, 0.29) is 6.04 Å². The Kier molecular flexibility index (Phi) is 3.45. The first kappa shape index (κ1) is 11.8. The van der Waals surface area contributed by atoms with Crippen molar-refractivity contribution >= 4 is 21.7 Å². The van der Waals surface area contributed by atoms with Gasteiger partial charge in [0, 0.05) is 23.5 Å². The largest absolute Gasteiger partial charge is 0.297 e. The number of hydrogen-bond donors (Lipinski definition) is 0. The number of likely N-dealkylation sites (tertiary alicyclic amines) is 1. The van der Waals surface area contributed by atoms with Gasteiger partial charge in [0.25, 0.3) is 0 Å². The van der Waals surface area contributed by atoms with E-state index in [1.807, 2.05) is 24.3 Å². The maximum absolute atomic E-state index is 11.9. The zero-order valence-electron chi connectivity index (χ0n) is 9.61. The summed E-state index contributed by atoms with van der Waals surface area (Å²) in [5, 5.41) is 0. The van der Waals surface area contributed by atoms with Gasteiger partial charge < -0.3 is 0 Å². The molecule has 0 aliphatic carbocycles. The molecule has 3 heteroatoms. The molecule has 0 radical (unpaired) electrons. The summed E-state index contributed by atoms with van der Waals surface area (Å²) >= 11 is 3.41. The lowest BCUT2D eigenvalue weighted by Crippen LogP contribution is -2.31. The third-order valence-electron chi connectivity index (χ3n) is 3.10. The van der Waals surface area contributed by atoms with Crippen LogP contribution in [0, 0.1) is 0 Å². The lowest BCUT2D eigenvalue weighted by molar-refractivity contribution is -0.120. The number of benzene rings is 1. The SMILES string of the molecule is CC(C)N1CCC(=O)C1c1ccc(Br)cc1. The molecule has 1 atom stereocenters. The smallest absolute Gasteiger partial charge is 0.155 e. The summed E-state index contributed by atoms with van der Waals surface area (Å²) in [6.07, 6.45) is 0.679. The average molecular weight is 282 g/mol. The van der Waals surface area contributed by atoms with Crippen LogP contribution < -0.4 is 0 Å².